The second-order valence-corrected chi connectivity index (χ2v) is 6.13. The largest absolute Gasteiger partial charge is 0.496 e. The van der Waals surface area contributed by atoms with Crippen LogP contribution in [0.15, 0.2) is 30.3 Å². The third-order valence-corrected chi connectivity index (χ3v) is 4.29. The molecule has 0 aliphatic heterocycles. The Morgan fingerprint density at radius 1 is 1.35 bits per heavy atom. The topological polar surface area (TPSA) is 21.3 Å². The maximum absolute atomic E-state index is 14.3. The highest BCUT2D eigenvalue weighted by atomic mass is 35.5. The van der Waals surface area contributed by atoms with Crippen LogP contribution in [0.3, 0.4) is 0 Å². The lowest BCUT2D eigenvalue weighted by Gasteiger charge is -2.20. The van der Waals surface area contributed by atoms with Crippen LogP contribution in [-0.4, -0.2) is 13.7 Å². The Kier molecular flexibility index (Phi) is 5.40. The van der Waals surface area contributed by atoms with E-state index < -0.39 is 0 Å². The zero-order chi connectivity index (χ0) is 14.5. The zero-order valence-electron chi connectivity index (χ0n) is 11.5. The van der Waals surface area contributed by atoms with Crippen molar-refractivity contribution in [2.24, 2.45) is 0 Å². The highest BCUT2D eigenvalue weighted by Crippen LogP contribution is 2.36. The molecule has 5 heteroatoms. The minimum atomic E-state index is -0.275. The molecule has 0 spiro atoms. The molecule has 108 valence electrons. The highest BCUT2D eigenvalue weighted by molar-refractivity contribution is 7.16. The fraction of sp³-hybridized carbons (Fsp3) is 0.333. The van der Waals surface area contributed by atoms with Crippen LogP contribution < -0.4 is 10.1 Å². The minimum Gasteiger partial charge on any atom is -0.496 e. The van der Waals surface area contributed by atoms with Gasteiger partial charge >= 0.3 is 0 Å². The quantitative estimate of drug-likeness (QED) is 0.839. The summed E-state index contributed by atoms with van der Waals surface area (Å²) in [5.74, 6) is 0.269. The minimum absolute atomic E-state index is 0.247. The van der Waals surface area contributed by atoms with Crippen molar-refractivity contribution in [2.75, 3.05) is 13.7 Å². The molecule has 0 saturated carbocycles. The number of hydrogen-bond acceptors (Lipinski definition) is 3. The summed E-state index contributed by atoms with van der Waals surface area (Å²) >= 11 is 7.45. The fourth-order valence-electron chi connectivity index (χ4n) is 2.09. The second kappa shape index (κ2) is 7.07. The average molecular weight is 314 g/mol. The Labute approximate surface area is 127 Å². The molecule has 2 rings (SSSR count). The van der Waals surface area contributed by atoms with Gasteiger partial charge in [-0.1, -0.05) is 24.6 Å². The van der Waals surface area contributed by atoms with Crippen LogP contribution in [0.25, 0.3) is 0 Å². The molecule has 1 aromatic carbocycles. The van der Waals surface area contributed by atoms with Gasteiger partial charge in [0.25, 0.3) is 0 Å². The van der Waals surface area contributed by atoms with E-state index in [2.05, 4.69) is 12.2 Å². The monoisotopic (exact) mass is 313 g/mol. The molecule has 0 radical (unpaired) electrons. The summed E-state index contributed by atoms with van der Waals surface area (Å²) in [6, 6.07) is 8.38. The van der Waals surface area contributed by atoms with E-state index in [-0.39, 0.29) is 11.9 Å². The van der Waals surface area contributed by atoms with Crippen molar-refractivity contribution in [1.82, 2.24) is 5.32 Å². The number of rotatable bonds is 6. The van der Waals surface area contributed by atoms with Gasteiger partial charge in [-0.05, 0) is 37.2 Å². The third-order valence-electron chi connectivity index (χ3n) is 3.00. The second-order valence-electron chi connectivity index (χ2n) is 4.38. The van der Waals surface area contributed by atoms with Crippen LogP contribution in [0.2, 0.25) is 4.34 Å². The molecule has 1 N–H and O–H groups in total. The molecule has 0 aliphatic rings. The Hall–Kier alpha value is -1.10. The van der Waals surface area contributed by atoms with Gasteiger partial charge in [-0.2, -0.15) is 0 Å². The number of nitrogens with one attached hydrogen (secondary N) is 1. The Morgan fingerprint density at radius 2 is 2.15 bits per heavy atom. The van der Waals surface area contributed by atoms with E-state index in [4.69, 9.17) is 16.3 Å². The van der Waals surface area contributed by atoms with Crippen molar-refractivity contribution in [3.63, 3.8) is 0 Å². The van der Waals surface area contributed by atoms with E-state index in [1.165, 1.54) is 17.4 Å². The Morgan fingerprint density at radius 3 is 2.75 bits per heavy atom. The number of thiophene rings is 1. The summed E-state index contributed by atoms with van der Waals surface area (Å²) in [5.41, 5.74) is 0.530. The van der Waals surface area contributed by atoms with Crippen LogP contribution in [0.4, 0.5) is 4.39 Å². The van der Waals surface area contributed by atoms with Gasteiger partial charge in [-0.3, -0.25) is 0 Å². The van der Waals surface area contributed by atoms with E-state index in [0.717, 1.165) is 17.8 Å². The molecule has 1 heterocycles. The average Bonchev–Trinajstić information content (AvgIpc) is 2.87. The number of ether oxygens (including phenoxy) is 1. The van der Waals surface area contributed by atoms with Gasteiger partial charge in [-0.25, -0.2) is 4.39 Å². The van der Waals surface area contributed by atoms with Gasteiger partial charge in [0.15, 0.2) is 0 Å². The van der Waals surface area contributed by atoms with Gasteiger partial charge in [0.1, 0.15) is 11.6 Å². The summed E-state index contributed by atoms with van der Waals surface area (Å²) in [7, 11) is 1.55. The van der Waals surface area contributed by atoms with Crippen molar-refractivity contribution in [3.05, 3.63) is 50.9 Å². The number of hydrogen-bond donors (Lipinski definition) is 1. The number of benzene rings is 1. The Bertz CT molecular complexity index is 573. The van der Waals surface area contributed by atoms with Gasteiger partial charge in [0.2, 0.25) is 0 Å². The summed E-state index contributed by atoms with van der Waals surface area (Å²) in [4.78, 5) is 0.979. The molecule has 0 bridgehead atoms. The standard InChI is InChI=1S/C15H17ClFNOS/c1-3-9-18-15(12-7-8-13(16)20-12)14-10(17)5-4-6-11(14)19-2/h4-8,15,18H,3,9H2,1-2H3. The van der Waals surface area contributed by atoms with Crippen LogP contribution >= 0.6 is 22.9 Å². The molecule has 1 atom stereocenters. The van der Waals surface area contributed by atoms with Crippen LogP contribution in [0.1, 0.15) is 29.8 Å². The summed E-state index contributed by atoms with van der Waals surface area (Å²) < 4.78 is 20.3. The SMILES string of the molecule is CCCNC(c1ccc(Cl)s1)c1c(F)cccc1OC. The maximum Gasteiger partial charge on any atom is 0.132 e. The van der Waals surface area contributed by atoms with Crippen molar-refractivity contribution < 1.29 is 9.13 Å². The van der Waals surface area contributed by atoms with Crippen molar-refractivity contribution in [3.8, 4) is 5.75 Å². The molecule has 20 heavy (non-hydrogen) atoms. The summed E-state index contributed by atoms with van der Waals surface area (Å²) in [5, 5.41) is 3.36. The smallest absolute Gasteiger partial charge is 0.132 e. The molecule has 0 fully saturated rings. The first-order valence-corrected chi connectivity index (χ1v) is 7.67. The molecule has 0 amide bonds. The van der Waals surface area contributed by atoms with Crippen molar-refractivity contribution in [2.45, 2.75) is 19.4 Å². The predicted molar refractivity (Wildman–Crippen MR) is 82.4 cm³/mol. The van der Waals surface area contributed by atoms with E-state index >= 15 is 0 Å². The van der Waals surface area contributed by atoms with Gasteiger partial charge < -0.3 is 10.1 Å². The molecule has 2 nitrogen and oxygen atoms in total. The molecule has 2 aromatic rings. The molecule has 1 aromatic heterocycles. The normalized spacial score (nSPS) is 12.4. The lowest BCUT2D eigenvalue weighted by Crippen LogP contribution is -2.24. The van der Waals surface area contributed by atoms with Gasteiger partial charge in [0.05, 0.1) is 23.1 Å². The first-order chi connectivity index (χ1) is 9.67. The van der Waals surface area contributed by atoms with Crippen molar-refractivity contribution >= 4 is 22.9 Å². The molecule has 0 saturated heterocycles. The molecule has 0 aliphatic carbocycles. The fourth-order valence-corrected chi connectivity index (χ4v) is 3.24. The lowest BCUT2D eigenvalue weighted by atomic mass is 10.0. The van der Waals surface area contributed by atoms with E-state index in [9.17, 15) is 4.39 Å². The third kappa shape index (κ3) is 3.32. The number of halogens is 2. The van der Waals surface area contributed by atoms with Crippen LogP contribution in [0.5, 0.6) is 5.75 Å². The molecular formula is C15H17ClFNOS. The number of methoxy groups -OCH3 is 1. The maximum atomic E-state index is 14.3. The molecule has 1 unspecified atom stereocenters. The van der Waals surface area contributed by atoms with E-state index in [0.29, 0.717) is 15.6 Å². The van der Waals surface area contributed by atoms with Crippen LogP contribution in [0, 0.1) is 5.82 Å². The highest BCUT2D eigenvalue weighted by Gasteiger charge is 2.23. The first kappa shape index (κ1) is 15.3. The first-order valence-electron chi connectivity index (χ1n) is 6.48. The van der Waals surface area contributed by atoms with Crippen molar-refractivity contribution in [1.29, 1.82) is 0 Å². The summed E-state index contributed by atoms with van der Waals surface area (Å²) in [6.07, 6.45) is 0.965. The van der Waals surface area contributed by atoms with Gasteiger partial charge in [0, 0.05) is 4.88 Å². The van der Waals surface area contributed by atoms with Gasteiger partial charge in [-0.15, -0.1) is 11.3 Å². The summed E-state index contributed by atoms with van der Waals surface area (Å²) in [6.45, 7) is 2.86. The van der Waals surface area contributed by atoms with E-state index in [1.54, 1.807) is 19.2 Å². The van der Waals surface area contributed by atoms with E-state index in [1.807, 2.05) is 12.1 Å². The van der Waals surface area contributed by atoms with Crippen LogP contribution in [-0.2, 0) is 0 Å². The predicted octanol–water partition coefficient (Wildman–Crippen LogP) is 4.64. The zero-order valence-corrected chi connectivity index (χ0v) is 13.0. The lowest BCUT2D eigenvalue weighted by molar-refractivity contribution is 0.397. The molecular weight excluding hydrogens is 297 g/mol. The Balaban J connectivity index is 2.46.